The molecular formula is C14H21NO2. The summed E-state index contributed by atoms with van der Waals surface area (Å²) in [6.07, 6.45) is 1.35. The Labute approximate surface area is 103 Å². The van der Waals surface area contributed by atoms with E-state index in [0.29, 0.717) is 12.5 Å². The number of rotatable bonds is 4. The van der Waals surface area contributed by atoms with E-state index in [2.05, 4.69) is 12.2 Å². The van der Waals surface area contributed by atoms with Gasteiger partial charge in [0.1, 0.15) is 6.10 Å². The molecule has 0 spiro atoms. The monoisotopic (exact) mass is 235 g/mol. The van der Waals surface area contributed by atoms with Gasteiger partial charge >= 0.3 is 0 Å². The van der Waals surface area contributed by atoms with Gasteiger partial charge in [0.05, 0.1) is 6.61 Å². The first kappa shape index (κ1) is 12.2. The van der Waals surface area contributed by atoms with Crippen molar-refractivity contribution in [3.63, 3.8) is 0 Å². The predicted molar refractivity (Wildman–Crippen MR) is 68.7 cm³/mol. The molecule has 0 amide bonds. The van der Waals surface area contributed by atoms with Gasteiger partial charge in [-0.15, -0.1) is 0 Å². The van der Waals surface area contributed by atoms with Crippen LogP contribution in [0.15, 0.2) is 24.3 Å². The molecule has 0 bridgehead atoms. The third kappa shape index (κ3) is 3.13. The molecule has 17 heavy (non-hydrogen) atoms. The van der Waals surface area contributed by atoms with Gasteiger partial charge in [-0.25, -0.2) is 0 Å². The Morgan fingerprint density at radius 3 is 2.76 bits per heavy atom. The Kier molecular flexibility index (Phi) is 4.26. The van der Waals surface area contributed by atoms with E-state index in [1.165, 1.54) is 0 Å². The van der Waals surface area contributed by atoms with Gasteiger partial charge in [0, 0.05) is 12.5 Å². The first-order valence-corrected chi connectivity index (χ1v) is 6.40. The minimum Gasteiger partial charge on any atom is -0.490 e. The van der Waals surface area contributed by atoms with E-state index in [1.54, 1.807) is 0 Å². The van der Waals surface area contributed by atoms with E-state index in [9.17, 15) is 0 Å². The van der Waals surface area contributed by atoms with Gasteiger partial charge in [-0.1, -0.05) is 19.1 Å². The lowest BCUT2D eigenvalue weighted by Crippen LogP contribution is -2.41. The normalized spacial score (nSPS) is 24.4. The number of para-hydroxylation sites is 2. The molecule has 2 atom stereocenters. The van der Waals surface area contributed by atoms with Crippen LogP contribution in [0.25, 0.3) is 0 Å². The van der Waals surface area contributed by atoms with Crippen molar-refractivity contribution in [2.75, 3.05) is 19.7 Å². The lowest BCUT2D eigenvalue weighted by Gasteiger charge is -2.30. The maximum absolute atomic E-state index is 6.09. The van der Waals surface area contributed by atoms with Crippen LogP contribution >= 0.6 is 0 Å². The van der Waals surface area contributed by atoms with Crippen LogP contribution in [-0.4, -0.2) is 25.8 Å². The van der Waals surface area contributed by atoms with E-state index >= 15 is 0 Å². The van der Waals surface area contributed by atoms with Gasteiger partial charge in [0.2, 0.25) is 0 Å². The fourth-order valence-electron chi connectivity index (χ4n) is 2.15. The smallest absolute Gasteiger partial charge is 0.161 e. The molecule has 1 N–H and O–H groups in total. The van der Waals surface area contributed by atoms with Crippen molar-refractivity contribution in [3.8, 4) is 11.5 Å². The highest BCUT2D eigenvalue weighted by Gasteiger charge is 2.23. The minimum absolute atomic E-state index is 0.290. The van der Waals surface area contributed by atoms with E-state index in [-0.39, 0.29) is 6.10 Å². The van der Waals surface area contributed by atoms with Crippen molar-refractivity contribution in [1.29, 1.82) is 0 Å². The molecule has 1 aromatic carbocycles. The highest BCUT2D eigenvalue weighted by Crippen LogP contribution is 2.29. The Morgan fingerprint density at radius 2 is 2.06 bits per heavy atom. The number of ether oxygens (including phenoxy) is 2. The molecule has 2 rings (SSSR count). The molecule has 1 heterocycles. The molecule has 0 aliphatic carbocycles. The number of piperidine rings is 1. The number of benzene rings is 1. The highest BCUT2D eigenvalue weighted by molar-refractivity contribution is 5.39. The lowest BCUT2D eigenvalue weighted by molar-refractivity contribution is 0.107. The van der Waals surface area contributed by atoms with Crippen molar-refractivity contribution < 1.29 is 9.47 Å². The summed E-state index contributed by atoms with van der Waals surface area (Å²) in [6, 6.07) is 7.91. The van der Waals surface area contributed by atoms with Crippen molar-refractivity contribution >= 4 is 0 Å². The average Bonchev–Trinajstić information content (AvgIpc) is 2.35. The minimum atomic E-state index is 0.290. The molecule has 1 aliphatic rings. The Bertz CT molecular complexity index is 354. The van der Waals surface area contributed by atoms with E-state index in [1.807, 2.05) is 31.2 Å². The van der Waals surface area contributed by atoms with Crippen LogP contribution in [0.5, 0.6) is 11.5 Å². The second-order valence-electron chi connectivity index (χ2n) is 4.51. The van der Waals surface area contributed by atoms with Gasteiger partial charge in [0.25, 0.3) is 0 Å². The molecule has 0 radical (unpaired) electrons. The summed E-state index contributed by atoms with van der Waals surface area (Å²) >= 11 is 0. The molecular weight excluding hydrogens is 214 g/mol. The zero-order valence-electron chi connectivity index (χ0n) is 10.6. The maximum Gasteiger partial charge on any atom is 0.161 e. The summed E-state index contributed by atoms with van der Waals surface area (Å²) in [5, 5.41) is 3.38. The van der Waals surface area contributed by atoms with E-state index < -0.39 is 0 Å². The van der Waals surface area contributed by atoms with Gasteiger partial charge in [0.15, 0.2) is 11.5 Å². The zero-order chi connectivity index (χ0) is 12.1. The molecule has 94 valence electrons. The highest BCUT2D eigenvalue weighted by atomic mass is 16.5. The summed E-state index contributed by atoms with van der Waals surface area (Å²) in [5.41, 5.74) is 0. The number of hydrogen-bond acceptors (Lipinski definition) is 3. The first-order chi connectivity index (χ1) is 8.31. The zero-order valence-corrected chi connectivity index (χ0v) is 10.6. The molecule has 0 saturated carbocycles. The van der Waals surface area contributed by atoms with Crippen LogP contribution in [0.3, 0.4) is 0 Å². The first-order valence-electron chi connectivity index (χ1n) is 6.40. The summed E-state index contributed by atoms with van der Waals surface area (Å²) in [7, 11) is 0. The van der Waals surface area contributed by atoms with Crippen molar-refractivity contribution in [3.05, 3.63) is 24.3 Å². The average molecular weight is 235 g/mol. The third-order valence-electron chi connectivity index (χ3n) is 3.13. The number of hydrogen-bond donors (Lipinski definition) is 1. The molecule has 0 aromatic heterocycles. The summed E-state index contributed by atoms with van der Waals surface area (Å²) < 4.78 is 11.7. The maximum atomic E-state index is 6.09. The second-order valence-corrected chi connectivity index (χ2v) is 4.51. The largest absolute Gasteiger partial charge is 0.490 e. The molecule has 3 heteroatoms. The van der Waals surface area contributed by atoms with Crippen LogP contribution in [0.2, 0.25) is 0 Å². The van der Waals surface area contributed by atoms with E-state index in [0.717, 1.165) is 31.0 Å². The number of nitrogens with one attached hydrogen (secondary N) is 1. The van der Waals surface area contributed by atoms with Gasteiger partial charge in [-0.2, -0.15) is 0 Å². The molecule has 2 unspecified atom stereocenters. The summed E-state index contributed by atoms with van der Waals surface area (Å²) in [6.45, 7) is 6.94. The Hall–Kier alpha value is -1.22. The molecule has 1 fully saturated rings. The third-order valence-corrected chi connectivity index (χ3v) is 3.13. The van der Waals surface area contributed by atoms with Gasteiger partial charge < -0.3 is 14.8 Å². The molecule has 1 aromatic rings. The SMILES string of the molecule is CCOc1ccccc1OC1CCNCC1C. The van der Waals surface area contributed by atoms with Crippen LogP contribution in [0.1, 0.15) is 20.3 Å². The topological polar surface area (TPSA) is 30.5 Å². The van der Waals surface area contributed by atoms with Crippen LogP contribution < -0.4 is 14.8 Å². The predicted octanol–water partition coefficient (Wildman–Crippen LogP) is 2.46. The fraction of sp³-hybridized carbons (Fsp3) is 0.571. The Balaban J connectivity index is 2.06. The molecule has 1 aliphatic heterocycles. The van der Waals surface area contributed by atoms with Gasteiger partial charge in [-0.05, 0) is 32.0 Å². The summed E-state index contributed by atoms with van der Waals surface area (Å²) in [5.74, 6) is 2.26. The van der Waals surface area contributed by atoms with Crippen molar-refractivity contribution in [1.82, 2.24) is 5.32 Å². The van der Waals surface area contributed by atoms with E-state index in [4.69, 9.17) is 9.47 Å². The van der Waals surface area contributed by atoms with Crippen LogP contribution in [-0.2, 0) is 0 Å². The quantitative estimate of drug-likeness (QED) is 0.869. The van der Waals surface area contributed by atoms with Crippen molar-refractivity contribution in [2.24, 2.45) is 5.92 Å². The second kappa shape index (κ2) is 5.92. The lowest BCUT2D eigenvalue weighted by atomic mass is 9.98. The Morgan fingerprint density at radius 1 is 1.29 bits per heavy atom. The summed E-state index contributed by atoms with van der Waals surface area (Å²) in [4.78, 5) is 0. The van der Waals surface area contributed by atoms with Crippen LogP contribution in [0.4, 0.5) is 0 Å². The fourth-order valence-corrected chi connectivity index (χ4v) is 2.15. The van der Waals surface area contributed by atoms with Gasteiger partial charge in [-0.3, -0.25) is 0 Å². The van der Waals surface area contributed by atoms with Crippen molar-refractivity contribution in [2.45, 2.75) is 26.4 Å². The standard InChI is InChI=1S/C14H21NO2/c1-3-16-13-6-4-5-7-14(13)17-12-8-9-15-10-11(12)2/h4-7,11-12,15H,3,8-10H2,1-2H3. The molecule has 1 saturated heterocycles. The van der Waals surface area contributed by atoms with Crippen LogP contribution in [0, 0.1) is 5.92 Å². The molecule has 3 nitrogen and oxygen atoms in total.